The largest absolute Gasteiger partial charge is 0.496 e. The molecule has 0 bridgehead atoms. The van der Waals surface area contributed by atoms with E-state index in [4.69, 9.17) is 11.2 Å². The number of terminal acetylenes is 1. The fourth-order valence-corrected chi connectivity index (χ4v) is 1.56. The van der Waals surface area contributed by atoms with Gasteiger partial charge in [-0.05, 0) is 29.5 Å². The fourth-order valence-electron chi connectivity index (χ4n) is 1.56. The number of hydrogen-bond acceptors (Lipinski definition) is 1. The zero-order chi connectivity index (χ0) is 11.3. The van der Waals surface area contributed by atoms with Gasteiger partial charge in [0.1, 0.15) is 5.75 Å². The first-order valence-electron chi connectivity index (χ1n) is 5.29. The lowest BCUT2D eigenvalue weighted by Crippen LogP contribution is -1.95. The quantitative estimate of drug-likeness (QED) is 0.680. The molecule has 0 unspecified atom stereocenters. The van der Waals surface area contributed by atoms with Crippen LogP contribution in [-0.2, 0) is 6.42 Å². The Kier molecular flexibility index (Phi) is 4.24. The number of rotatable bonds is 4. The number of benzene rings is 1. The maximum absolute atomic E-state index is 5.31. The first kappa shape index (κ1) is 11.7. The third-order valence-electron chi connectivity index (χ3n) is 2.51. The van der Waals surface area contributed by atoms with Crippen molar-refractivity contribution in [1.82, 2.24) is 0 Å². The predicted octanol–water partition coefficient (Wildman–Crippen LogP) is 3.38. The second kappa shape index (κ2) is 5.46. The van der Waals surface area contributed by atoms with Crippen LogP contribution in [0.5, 0.6) is 5.75 Å². The molecule has 0 aliphatic carbocycles. The number of hydrogen-bond donors (Lipinski definition) is 0. The maximum Gasteiger partial charge on any atom is 0.122 e. The monoisotopic (exact) mass is 202 g/mol. The van der Waals surface area contributed by atoms with Crippen molar-refractivity contribution >= 4 is 0 Å². The minimum atomic E-state index is 0.542. The van der Waals surface area contributed by atoms with Crippen molar-refractivity contribution in [3.63, 3.8) is 0 Å². The average molecular weight is 202 g/mol. The third kappa shape index (κ3) is 3.02. The molecule has 0 amide bonds. The summed E-state index contributed by atoms with van der Waals surface area (Å²) >= 11 is 0. The van der Waals surface area contributed by atoms with Crippen molar-refractivity contribution in [2.45, 2.75) is 32.6 Å². The Bertz CT molecular complexity index is 358. The molecule has 0 aromatic heterocycles. The van der Waals surface area contributed by atoms with Gasteiger partial charge in [-0.2, -0.15) is 0 Å². The van der Waals surface area contributed by atoms with Gasteiger partial charge in [-0.1, -0.05) is 26.0 Å². The van der Waals surface area contributed by atoms with E-state index in [2.05, 4.69) is 31.9 Å². The lowest BCUT2D eigenvalue weighted by Gasteiger charge is -2.11. The second-order valence-electron chi connectivity index (χ2n) is 3.93. The Morgan fingerprint density at radius 1 is 1.40 bits per heavy atom. The van der Waals surface area contributed by atoms with Gasteiger partial charge in [0.2, 0.25) is 0 Å². The van der Waals surface area contributed by atoms with Gasteiger partial charge < -0.3 is 4.74 Å². The van der Waals surface area contributed by atoms with Gasteiger partial charge in [0.25, 0.3) is 0 Å². The summed E-state index contributed by atoms with van der Waals surface area (Å²) in [6.07, 6.45) is 6.93. The Labute approximate surface area is 92.5 Å². The standard InChI is InChI=1S/C14H18O/c1-5-6-7-13-10-12(11(2)3)8-9-14(13)15-4/h1,8-11H,6-7H2,2-4H3. The summed E-state index contributed by atoms with van der Waals surface area (Å²) in [4.78, 5) is 0. The Morgan fingerprint density at radius 2 is 2.13 bits per heavy atom. The zero-order valence-electron chi connectivity index (χ0n) is 9.71. The Balaban J connectivity index is 2.97. The molecule has 0 heterocycles. The summed E-state index contributed by atoms with van der Waals surface area (Å²) in [5, 5.41) is 0. The second-order valence-corrected chi connectivity index (χ2v) is 3.93. The molecule has 1 rings (SSSR count). The molecule has 80 valence electrons. The van der Waals surface area contributed by atoms with Crippen LogP contribution < -0.4 is 4.74 Å². The summed E-state index contributed by atoms with van der Waals surface area (Å²) in [5.41, 5.74) is 2.55. The molecule has 0 radical (unpaired) electrons. The molecular weight excluding hydrogens is 184 g/mol. The molecule has 1 aromatic rings. The van der Waals surface area contributed by atoms with Crippen molar-refractivity contribution in [1.29, 1.82) is 0 Å². The molecule has 0 atom stereocenters. The summed E-state index contributed by atoms with van der Waals surface area (Å²) in [6, 6.07) is 6.34. The Morgan fingerprint density at radius 3 is 2.67 bits per heavy atom. The van der Waals surface area contributed by atoms with Crippen LogP contribution in [0.15, 0.2) is 18.2 Å². The van der Waals surface area contributed by atoms with E-state index >= 15 is 0 Å². The van der Waals surface area contributed by atoms with Crippen molar-refractivity contribution in [3.05, 3.63) is 29.3 Å². The van der Waals surface area contributed by atoms with Gasteiger partial charge >= 0.3 is 0 Å². The average Bonchev–Trinajstić information content (AvgIpc) is 2.25. The molecule has 1 aromatic carbocycles. The molecule has 15 heavy (non-hydrogen) atoms. The highest BCUT2D eigenvalue weighted by atomic mass is 16.5. The minimum absolute atomic E-state index is 0.542. The molecule has 1 nitrogen and oxygen atoms in total. The van der Waals surface area contributed by atoms with Gasteiger partial charge in [-0.25, -0.2) is 0 Å². The molecule has 0 saturated heterocycles. The number of ether oxygens (including phenoxy) is 1. The highest BCUT2D eigenvalue weighted by Gasteiger charge is 2.05. The summed E-state index contributed by atoms with van der Waals surface area (Å²) in [7, 11) is 1.70. The van der Waals surface area contributed by atoms with Gasteiger partial charge in [0, 0.05) is 6.42 Å². The van der Waals surface area contributed by atoms with E-state index in [1.165, 1.54) is 11.1 Å². The van der Waals surface area contributed by atoms with Gasteiger partial charge in [-0.3, -0.25) is 0 Å². The van der Waals surface area contributed by atoms with Crippen molar-refractivity contribution < 1.29 is 4.74 Å². The van der Waals surface area contributed by atoms with Crippen LogP contribution in [0.2, 0.25) is 0 Å². The van der Waals surface area contributed by atoms with Crippen molar-refractivity contribution in [2.75, 3.05) is 7.11 Å². The van der Waals surface area contributed by atoms with E-state index < -0.39 is 0 Å². The summed E-state index contributed by atoms with van der Waals surface area (Å²) in [5.74, 6) is 4.14. The van der Waals surface area contributed by atoms with Crippen LogP contribution in [0.4, 0.5) is 0 Å². The number of aryl methyl sites for hydroxylation is 1. The van der Waals surface area contributed by atoms with Crippen LogP contribution in [0.1, 0.15) is 37.3 Å². The topological polar surface area (TPSA) is 9.23 Å². The van der Waals surface area contributed by atoms with E-state index in [0.29, 0.717) is 5.92 Å². The van der Waals surface area contributed by atoms with Crippen LogP contribution in [0, 0.1) is 12.3 Å². The van der Waals surface area contributed by atoms with Gasteiger partial charge in [0.05, 0.1) is 7.11 Å². The first-order chi connectivity index (χ1) is 7.19. The van der Waals surface area contributed by atoms with Crippen LogP contribution >= 0.6 is 0 Å². The normalized spacial score (nSPS) is 10.1. The molecule has 0 spiro atoms. The lowest BCUT2D eigenvalue weighted by molar-refractivity contribution is 0.409. The van der Waals surface area contributed by atoms with Crippen molar-refractivity contribution in [3.8, 4) is 18.1 Å². The van der Waals surface area contributed by atoms with Crippen LogP contribution in [0.3, 0.4) is 0 Å². The predicted molar refractivity (Wildman–Crippen MR) is 64.2 cm³/mol. The third-order valence-corrected chi connectivity index (χ3v) is 2.51. The van der Waals surface area contributed by atoms with Crippen LogP contribution in [0.25, 0.3) is 0 Å². The highest BCUT2D eigenvalue weighted by molar-refractivity contribution is 5.38. The van der Waals surface area contributed by atoms with E-state index in [1.807, 2.05) is 6.07 Å². The zero-order valence-corrected chi connectivity index (χ0v) is 9.71. The number of methoxy groups -OCH3 is 1. The first-order valence-corrected chi connectivity index (χ1v) is 5.29. The van der Waals surface area contributed by atoms with Crippen molar-refractivity contribution in [2.24, 2.45) is 0 Å². The Hall–Kier alpha value is -1.42. The molecule has 0 saturated carbocycles. The summed E-state index contributed by atoms with van der Waals surface area (Å²) in [6.45, 7) is 4.37. The SMILES string of the molecule is C#CCCc1cc(C(C)C)ccc1OC. The summed E-state index contributed by atoms with van der Waals surface area (Å²) < 4.78 is 5.31. The van der Waals surface area contributed by atoms with E-state index in [-0.39, 0.29) is 0 Å². The molecule has 0 fully saturated rings. The minimum Gasteiger partial charge on any atom is -0.496 e. The highest BCUT2D eigenvalue weighted by Crippen LogP contribution is 2.25. The molecular formula is C14H18O. The fraction of sp³-hybridized carbons (Fsp3) is 0.429. The molecule has 1 heteroatoms. The van der Waals surface area contributed by atoms with Gasteiger partial charge in [0.15, 0.2) is 0 Å². The maximum atomic E-state index is 5.31. The lowest BCUT2D eigenvalue weighted by atomic mass is 9.98. The molecule has 0 aliphatic rings. The van der Waals surface area contributed by atoms with Gasteiger partial charge in [-0.15, -0.1) is 12.3 Å². The van der Waals surface area contributed by atoms with E-state index in [0.717, 1.165) is 18.6 Å². The van der Waals surface area contributed by atoms with Crippen LogP contribution in [-0.4, -0.2) is 7.11 Å². The van der Waals surface area contributed by atoms with E-state index in [1.54, 1.807) is 7.11 Å². The molecule has 0 N–H and O–H groups in total. The smallest absolute Gasteiger partial charge is 0.122 e. The van der Waals surface area contributed by atoms with E-state index in [9.17, 15) is 0 Å². The molecule has 0 aliphatic heterocycles.